The molecule has 2 heterocycles. The number of alkyl halides is 3. The van der Waals surface area contributed by atoms with Gasteiger partial charge in [0, 0.05) is 17.4 Å². The zero-order valence-corrected chi connectivity index (χ0v) is 13.7. The summed E-state index contributed by atoms with van der Waals surface area (Å²) in [6, 6.07) is 11.6. The first-order valence-electron chi connectivity index (χ1n) is 7.91. The number of rotatable bonds is 2. The van der Waals surface area contributed by atoms with Crippen LogP contribution in [-0.2, 0) is 6.18 Å². The Balaban J connectivity index is 1.80. The maximum atomic E-state index is 12.9. The van der Waals surface area contributed by atoms with E-state index < -0.39 is 23.2 Å². The number of aliphatic imine (C=N–C) groups is 1. The Morgan fingerprint density at radius 1 is 1.11 bits per heavy atom. The Labute approximate surface area is 150 Å². The molecule has 0 aliphatic carbocycles. The van der Waals surface area contributed by atoms with Crippen molar-refractivity contribution in [3.8, 4) is 11.6 Å². The smallest absolute Gasteiger partial charge is 0.416 e. The van der Waals surface area contributed by atoms with Crippen LogP contribution in [0.1, 0.15) is 16.7 Å². The van der Waals surface area contributed by atoms with Crippen LogP contribution in [0, 0.1) is 0 Å². The largest absolute Gasteiger partial charge is 0.493 e. The van der Waals surface area contributed by atoms with Crippen molar-refractivity contribution in [3.05, 3.63) is 75.6 Å². The van der Waals surface area contributed by atoms with Gasteiger partial charge in [-0.25, -0.2) is 4.68 Å². The molecule has 8 heteroatoms. The van der Waals surface area contributed by atoms with Gasteiger partial charge in [0.05, 0.1) is 16.9 Å². The molecule has 0 spiro atoms. The number of allylic oxidation sites excluding steroid dienone is 1. The quantitative estimate of drug-likeness (QED) is 0.711. The van der Waals surface area contributed by atoms with Gasteiger partial charge in [0.25, 0.3) is 5.56 Å². The van der Waals surface area contributed by atoms with Gasteiger partial charge in [-0.3, -0.25) is 14.9 Å². The Morgan fingerprint density at radius 2 is 1.89 bits per heavy atom. The summed E-state index contributed by atoms with van der Waals surface area (Å²) in [5.74, 6) is -0.482. The third-order valence-electron chi connectivity index (χ3n) is 4.20. The summed E-state index contributed by atoms with van der Waals surface area (Å²) in [6.45, 7) is 0. The van der Waals surface area contributed by atoms with Crippen molar-refractivity contribution in [1.29, 1.82) is 0 Å². The predicted octanol–water partition coefficient (Wildman–Crippen LogP) is 4.15. The van der Waals surface area contributed by atoms with Gasteiger partial charge in [-0.05, 0) is 30.3 Å². The lowest BCUT2D eigenvalue weighted by atomic mass is 10.1. The molecule has 1 aromatic heterocycles. The molecule has 3 aromatic rings. The number of nitrogens with zero attached hydrogens (tertiary/aromatic N) is 2. The second-order valence-corrected chi connectivity index (χ2v) is 5.94. The van der Waals surface area contributed by atoms with Gasteiger partial charge in [0.15, 0.2) is 0 Å². The van der Waals surface area contributed by atoms with E-state index in [2.05, 4.69) is 10.1 Å². The zero-order chi connectivity index (χ0) is 19.2. The summed E-state index contributed by atoms with van der Waals surface area (Å²) in [7, 11) is 0. The molecule has 0 amide bonds. The number of halogens is 3. The molecule has 5 nitrogen and oxygen atoms in total. The van der Waals surface area contributed by atoms with Gasteiger partial charge < -0.3 is 5.11 Å². The predicted molar refractivity (Wildman–Crippen MR) is 95.5 cm³/mol. The van der Waals surface area contributed by atoms with Crippen LogP contribution in [0.15, 0.2) is 58.3 Å². The Bertz CT molecular complexity index is 1150. The first-order valence-corrected chi connectivity index (χ1v) is 7.91. The average Bonchev–Trinajstić information content (AvgIpc) is 3.17. The van der Waals surface area contributed by atoms with Crippen molar-refractivity contribution < 1.29 is 18.3 Å². The van der Waals surface area contributed by atoms with Crippen LogP contribution < -0.4 is 5.56 Å². The minimum atomic E-state index is -4.53. The minimum absolute atomic E-state index is 0.00966. The number of hydrogen-bond acceptors (Lipinski definition) is 3. The fourth-order valence-corrected chi connectivity index (χ4v) is 2.88. The van der Waals surface area contributed by atoms with Crippen molar-refractivity contribution >= 4 is 23.6 Å². The summed E-state index contributed by atoms with van der Waals surface area (Å²) < 4.78 is 39.7. The number of aromatic amines is 1. The summed E-state index contributed by atoms with van der Waals surface area (Å²) in [6.07, 6.45) is -1.52. The van der Waals surface area contributed by atoms with Crippen LogP contribution in [-0.4, -0.2) is 21.1 Å². The first-order chi connectivity index (χ1) is 12.8. The van der Waals surface area contributed by atoms with Crippen molar-refractivity contribution in [2.24, 2.45) is 4.99 Å². The second kappa shape index (κ2) is 6.01. The van der Waals surface area contributed by atoms with E-state index in [1.54, 1.807) is 6.21 Å². The monoisotopic (exact) mass is 371 g/mol. The van der Waals surface area contributed by atoms with Crippen LogP contribution in [0.25, 0.3) is 17.3 Å². The SMILES string of the molecule is O=c1[nH]n(-c2cccc(C(F)(F)F)c2)c(O)c1C=C1C=Nc2ccccc21. The minimum Gasteiger partial charge on any atom is -0.493 e. The molecule has 27 heavy (non-hydrogen) atoms. The lowest BCUT2D eigenvalue weighted by Gasteiger charge is -2.09. The van der Waals surface area contributed by atoms with Crippen LogP contribution >= 0.6 is 0 Å². The number of benzene rings is 2. The molecular weight excluding hydrogens is 359 g/mol. The lowest BCUT2D eigenvalue weighted by molar-refractivity contribution is -0.137. The number of hydrogen-bond donors (Lipinski definition) is 2. The molecule has 0 unspecified atom stereocenters. The highest BCUT2D eigenvalue weighted by atomic mass is 19.4. The van der Waals surface area contributed by atoms with Crippen LogP contribution in [0.3, 0.4) is 0 Å². The van der Waals surface area contributed by atoms with Gasteiger partial charge in [0.2, 0.25) is 5.88 Å². The van der Waals surface area contributed by atoms with E-state index in [9.17, 15) is 23.1 Å². The highest BCUT2D eigenvalue weighted by Gasteiger charge is 2.31. The molecular formula is C19H12F3N3O2. The van der Waals surface area contributed by atoms with E-state index in [4.69, 9.17) is 0 Å². The molecule has 0 saturated carbocycles. The number of aromatic nitrogens is 2. The zero-order valence-electron chi connectivity index (χ0n) is 13.7. The van der Waals surface area contributed by atoms with Gasteiger partial charge in [-0.15, -0.1) is 0 Å². The molecule has 4 rings (SSSR count). The highest BCUT2D eigenvalue weighted by molar-refractivity contribution is 6.21. The van der Waals surface area contributed by atoms with Crippen LogP contribution in [0.4, 0.5) is 18.9 Å². The van der Waals surface area contributed by atoms with Gasteiger partial charge >= 0.3 is 6.18 Å². The summed E-state index contributed by atoms with van der Waals surface area (Å²) in [4.78, 5) is 16.5. The van der Waals surface area contributed by atoms with Crippen molar-refractivity contribution in [1.82, 2.24) is 9.78 Å². The van der Waals surface area contributed by atoms with E-state index in [0.717, 1.165) is 28.1 Å². The first kappa shape index (κ1) is 16.9. The lowest BCUT2D eigenvalue weighted by Crippen LogP contribution is -2.08. The molecule has 0 fully saturated rings. The van der Waals surface area contributed by atoms with Crippen molar-refractivity contribution in [2.75, 3.05) is 0 Å². The maximum absolute atomic E-state index is 12.9. The number of fused-ring (bicyclic) bond motifs is 1. The Hall–Kier alpha value is -3.55. The number of para-hydroxylation sites is 1. The molecule has 0 radical (unpaired) electrons. The number of aromatic hydroxyl groups is 1. The maximum Gasteiger partial charge on any atom is 0.416 e. The molecule has 0 atom stereocenters. The third-order valence-corrected chi connectivity index (χ3v) is 4.20. The van der Waals surface area contributed by atoms with Gasteiger partial charge in [-0.2, -0.15) is 13.2 Å². The second-order valence-electron chi connectivity index (χ2n) is 5.94. The van der Waals surface area contributed by atoms with E-state index in [1.807, 2.05) is 24.3 Å². The van der Waals surface area contributed by atoms with Crippen molar-refractivity contribution in [2.45, 2.75) is 6.18 Å². The van der Waals surface area contributed by atoms with E-state index in [1.165, 1.54) is 18.2 Å². The van der Waals surface area contributed by atoms with Crippen LogP contribution in [0.2, 0.25) is 0 Å². The van der Waals surface area contributed by atoms with E-state index >= 15 is 0 Å². The third kappa shape index (κ3) is 2.95. The van der Waals surface area contributed by atoms with Crippen LogP contribution in [0.5, 0.6) is 5.88 Å². The standard InChI is InChI=1S/C19H12F3N3O2/c20-19(21,22)12-4-3-5-13(9-12)25-18(27)15(17(26)24-25)8-11-10-23-16-7-2-1-6-14(11)16/h1-10,27H,(H,24,26). The molecule has 2 aromatic carbocycles. The van der Waals surface area contributed by atoms with E-state index in [0.29, 0.717) is 5.57 Å². The summed E-state index contributed by atoms with van der Waals surface area (Å²) >= 11 is 0. The highest BCUT2D eigenvalue weighted by Crippen LogP contribution is 2.34. The molecule has 1 aliphatic rings. The number of nitrogens with one attached hydrogen (secondary N) is 1. The summed E-state index contributed by atoms with van der Waals surface area (Å²) in [5, 5.41) is 12.8. The van der Waals surface area contributed by atoms with Gasteiger partial charge in [0.1, 0.15) is 5.56 Å². The molecule has 2 N–H and O–H groups in total. The molecule has 136 valence electrons. The van der Waals surface area contributed by atoms with Gasteiger partial charge in [-0.1, -0.05) is 24.3 Å². The Morgan fingerprint density at radius 3 is 2.67 bits per heavy atom. The van der Waals surface area contributed by atoms with E-state index in [-0.39, 0.29) is 11.3 Å². The molecule has 0 saturated heterocycles. The number of H-pyrrole nitrogens is 1. The summed E-state index contributed by atoms with van der Waals surface area (Å²) in [5.41, 5.74) is 0.560. The fourth-order valence-electron chi connectivity index (χ4n) is 2.88. The average molecular weight is 371 g/mol. The fraction of sp³-hybridized carbons (Fsp3) is 0.0526. The molecule has 0 bridgehead atoms. The topological polar surface area (TPSA) is 70.4 Å². The normalized spacial score (nSPS) is 14.7. The Kier molecular flexibility index (Phi) is 3.76. The van der Waals surface area contributed by atoms with Crippen molar-refractivity contribution in [3.63, 3.8) is 0 Å². The molecule has 1 aliphatic heterocycles.